The largest absolute Gasteiger partial charge is 0.486 e. The number of carboxylic acid groups (broad SMARTS) is 1. The lowest BCUT2D eigenvalue weighted by Crippen LogP contribution is -2.39. The van der Waals surface area contributed by atoms with Crippen molar-refractivity contribution >= 4 is 11.7 Å². The second-order valence-electron chi connectivity index (χ2n) is 5.76. The van der Waals surface area contributed by atoms with Gasteiger partial charge >= 0.3 is 5.97 Å². The minimum atomic E-state index is -1.04. The molecule has 3 rings (SSSR count). The molecule has 1 aromatic heterocycles. The van der Waals surface area contributed by atoms with E-state index in [-0.39, 0.29) is 11.9 Å². The Kier molecular flexibility index (Phi) is 4.28. The van der Waals surface area contributed by atoms with Crippen molar-refractivity contribution in [2.75, 3.05) is 11.4 Å². The van der Waals surface area contributed by atoms with Crippen molar-refractivity contribution < 1.29 is 19.1 Å². The molecule has 0 saturated heterocycles. The number of carbonyl (C=O) groups is 1. The molecule has 23 heavy (non-hydrogen) atoms. The van der Waals surface area contributed by atoms with Crippen molar-refractivity contribution in [1.82, 2.24) is 0 Å². The average Bonchev–Trinajstić information content (AvgIpc) is 3.03. The number of benzene rings is 1. The van der Waals surface area contributed by atoms with Crippen molar-refractivity contribution in [3.8, 4) is 5.75 Å². The molecule has 0 fully saturated rings. The molecule has 0 amide bonds. The molecule has 0 aliphatic carbocycles. The zero-order valence-electron chi connectivity index (χ0n) is 13.4. The summed E-state index contributed by atoms with van der Waals surface area (Å²) in [7, 11) is 0. The zero-order chi connectivity index (χ0) is 16.4. The van der Waals surface area contributed by atoms with E-state index in [4.69, 9.17) is 14.3 Å². The maximum absolute atomic E-state index is 11.0. The Labute approximate surface area is 135 Å². The molecule has 0 radical (unpaired) electrons. The maximum atomic E-state index is 11.0. The molecule has 1 aromatic carbocycles. The topological polar surface area (TPSA) is 62.9 Å². The van der Waals surface area contributed by atoms with Crippen LogP contribution in [0.4, 0.5) is 5.69 Å². The highest BCUT2D eigenvalue weighted by Crippen LogP contribution is 2.36. The molecule has 1 aliphatic heterocycles. The van der Waals surface area contributed by atoms with Crippen molar-refractivity contribution in [2.24, 2.45) is 0 Å². The summed E-state index contributed by atoms with van der Waals surface area (Å²) >= 11 is 0. The Balaban J connectivity index is 1.89. The third-order valence-electron chi connectivity index (χ3n) is 4.16. The van der Waals surface area contributed by atoms with Gasteiger partial charge in [0.15, 0.2) is 0 Å². The smallest absolute Gasteiger partial charge is 0.371 e. The predicted octanol–water partition coefficient (Wildman–Crippen LogP) is 3.72. The molecule has 5 nitrogen and oxygen atoms in total. The number of ether oxygens (including phenoxy) is 1. The van der Waals surface area contributed by atoms with E-state index >= 15 is 0 Å². The van der Waals surface area contributed by atoms with Crippen molar-refractivity contribution in [1.29, 1.82) is 0 Å². The minimum absolute atomic E-state index is 0.0252. The first-order valence-corrected chi connectivity index (χ1v) is 7.97. The first-order valence-electron chi connectivity index (χ1n) is 7.97. The molecule has 122 valence electrons. The molecule has 0 saturated carbocycles. The second-order valence-corrected chi connectivity index (χ2v) is 5.76. The third-order valence-corrected chi connectivity index (χ3v) is 4.16. The molecule has 5 heteroatoms. The van der Waals surface area contributed by atoms with Gasteiger partial charge in [-0.15, -0.1) is 0 Å². The van der Waals surface area contributed by atoms with Crippen LogP contribution in [0.1, 0.15) is 42.1 Å². The van der Waals surface area contributed by atoms with Crippen molar-refractivity contribution in [3.05, 3.63) is 47.4 Å². The molecule has 0 spiro atoms. The van der Waals surface area contributed by atoms with E-state index in [1.807, 2.05) is 6.07 Å². The highest BCUT2D eigenvalue weighted by molar-refractivity contribution is 5.84. The van der Waals surface area contributed by atoms with Gasteiger partial charge in [0, 0.05) is 0 Å². The summed E-state index contributed by atoms with van der Waals surface area (Å²) in [6, 6.07) is 9.47. The summed E-state index contributed by atoms with van der Waals surface area (Å²) < 4.78 is 11.4. The molecule has 1 atom stereocenters. The molecule has 1 unspecified atom stereocenters. The minimum Gasteiger partial charge on any atom is -0.486 e. The summed E-state index contributed by atoms with van der Waals surface area (Å²) in [5.41, 5.74) is 2.29. The van der Waals surface area contributed by atoms with Gasteiger partial charge in [0.25, 0.3) is 0 Å². The number of nitrogens with zero attached hydrogens (tertiary/aromatic N) is 1. The normalized spacial score (nSPS) is 16.8. The van der Waals surface area contributed by atoms with Crippen LogP contribution in [-0.2, 0) is 13.0 Å². The molecule has 1 aliphatic rings. The van der Waals surface area contributed by atoms with Crippen LogP contribution in [-0.4, -0.2) is 23.7 Å². The lowest BCUT2D eigenvalue weighted by atomic mass is 10.1. The van der Waals surface area contributed by atoms with E-state index in [0.29, 0.717) is 12.3 Å². The van der Waals surface area contributed by atoms with Gasteiger partial charge in [0.1, 0.15) is 17.6 Å². The first-order chi connectivity index (χ1) is 11.1. The standard InChI is InChI=1S/C18H21NO4/c1-3-12-5-7-16-15(9-12)19(10-13(4-2)22-16)11-14-6-8-17(23-14)18(20)21/h5-9,13H,3-4,10-11H2,1-2H3,(H,20,21). The monoisotopic (exact) mass is 315 g/mol. The number of rotatable bonds is 5. The lowest BCUT2D eigenvalue weighted by molar-refractivity contribution is 0.0660. The van der Waals surface area contributed by atoms with Gasteiger partial charge in [-0.25, -0.2) is 4.79 Å². The SMILES string of the molecule is CCc1ccc2c(c1)N(Cc1ccc(C(=O)O)o1)CC(CC)O2. The summed E-state index contributed by atoms with van der Waals surface area (Å²) in [5.74, 6) is 0.457. The van der Waals surface area contributed by atoms with Gasteiger partial charge in [0.05, 0.1) is 18.8 Å². The molecular weight excluding hydrogens is 294 g/mol. The number of hydrogen-bond donors (Lipinski definition) is 1. The summed E-state index contributed by atoms with van der Waals surface area (Å²) in [6.45, 7) is 5.52. The Bertz CT molecular complexity index is 707. The van der Waals surface area contributed by atoms with Gasteiger partial charge in [-0.3, -0.25) is 0 Å². The Hall–Kier alpha value is -2.43. The number of aryl methyl sites for hydroxylation is 1. The van der Waals surface area contributed by atoms with Crippen LogP contribution in [0.3, 0.4) is 0 Å². The zero-order valence-corrected chi connectivity index (χ0v) is 13.4. The number of aromatic carboxylic acids is 1. The van der Waals surface area contributed by atoms with Gasteiger partial charge in [-0.05, 0) is 42.7 Å². The van der Waals surface area contributed by atoms with Crippen LogP contribution in [0.25, 0.3) is 0 Å². The fourth-order valence-corrected chi connectivity index (χ4v) is 2.82. The van der Waals surface area contributed by atoms with Gasteiger partial charge in [0.2, 0.25) is 5.76 Å². The lowest BCUT2D eigenvalue weighted by Gasteiger charge is -2.36. The van der Waals surface area contributed by atoms with Gasteiger partial charge < -0.3 is 19.2 Å². The molecular formula is C18H21NO4. The second kappa shape index (κ2) is 6.36. The van der Waals surface area contributed by atoms with E-state index in [1.54, 1.807) is 6.07 Å². The fourth-order valence-electron chi connectivity index (χ4n) is 2.82. The summed E-state index contributed by atoms with van der Waals surface area (Å²) in [5, 5.41) is 8.98. The van der Waals surface area contributed by atoms with E-state index in [0.717, 1.165) is 30.8 Å². The fraction of sp³-hybridized carbons (Fsp3) is 0.389. The number of furan rings is 1. The van der Waals surface area contributed by atoms with Crippen LogP contribution < -0.4 is 9.64 Å². The van der Waals surface area contributed by atoms with E-state index < -0.39 is 5.97 Å². The highest BCUT2D eigenvalue weighted by atomic mass is 16.5. The van der Waals surface area contributed by atoms with Crippen molar-refractivity contribution in [2.45, 2.75) is 39.3 Å². The van der Waals surface area contributed by atoms with Crippen LogP contribution in [0.15, 0.2) is 34.7 Å². The van der Waals surface area contributed by atoms with Crippen molar-refractivity contribution in [3.63, 3.8) is 0 Å². The summed E-state index contributed by atoms with van der Waals surface area (Å²) in [6.07, 6.45) is 2.01. The number of hydrogen-bond acceptors (Lipinski definition) is 4. The quantitative estimate of drug-likeness (QED) is 0.911. The maximum Gasteiger partial charge on any atom is 0.371 e. The third kappa shape index (κ3) is 3.18. The number of anilines is 1. The average molecular weight is 315 g/mol. The molecule has 2 aromatic rings. The van der Waals surface area contributed by atoms with E-state index in [9.17, 15) is 4.79 Å². The van der Waals surface area contributed by atoms with Crippen LogP contribution >= 0.6 is 0 Å². The van der Waals surface area contributed by atoms with Crippen LogP contribution in [0.5, 0.6) is 5.75 Å². The molecule has 0 bridgehead atoms. The number of carboxylic acids is 1. The Morgan fingerprint density at radius 3 is 2.78 bits per heavy atom. The number of fused-ring (bicyclic) bond motifs is 1. The Morgan fingerprint density at radius 2 is 2.13 bits per heavy atom. The molecule has 2 heterocycles. The predicted molar refractivity (Wildman–Crippen MR) is 87.2 cm³/mol. The summed E-state index contributed by atoms with van der Waals surface area (Å²) in [4.78, 5) is 13.2. The van der Waals surface area contributed by atoms with E-state index in [1.165, 1.54) is 11.6 Å². The highest BCUT2D eigenvalue weighted by Gasteiger charge is 2.26. The van der Waals surface area contributed by atoms with Crippen LogP contribution in [0, 0.1) is 0 Å². The Morgan fingerprint density at radius 1 is 1.30 bits per heavy atom. The van der Waals surface area contributed by atoms with Gasteiger partial charge in [-0.2, -0.15) is 0 Å². The molecule has 1 N–H and O–H groups in total. The van der Waals surface area contributed by atoms with Crippen LogP contribution in [0.2, 0.25) is 0 Å². The van der Waals surface area contributed by atoms with Gasteiger partial charge in [-0.1, -0.05) is 19.9 Å². The van der Waals surface area contributed by atoms with E-state index in [2.05, 4.69) is 30.9 Å². The first kappa shape index (κ1) is 15.5.